The van der Waals surface area contributed by atoms with Crippen LogP contribution >= 0.6 is 0 Å². The predicted molar refractivity (Wildman–Crippen MR) is 123 cm³/mol. The summed E-state index contributed by atoms with van der Waals surface area (Å²) in [5, 5.41) is 4.80. The third-order valence-corrected chi connectivity index (χ3v) is 6.31. The Balaban J connectivity index is 1.76. The lowest BCUT2D eigenvalue weighted by atomic mass is 10.1. The molecule has 0 unspecified atom stereocenters. The lowest BCUT2D eigenvalue weighted by Gasteiger charge is -2.20. The average molecular weight is 472 g/mol. The van der Waals surface area contributed by atoms with Gasteiger partial charge < -0.3 is 0 Å². The molecule has 1 heterocycles. The number of rotatable bonds is 5. The van der Waals surface area contributed by atoms with Gasteiger partial charge in [-0.25, -0.2) is 17.8 Å². The Bertz CT molecular complexity index is 1370. The number of hydrogen-bond donors (Lipinski definition) is 3. The maximum Gasteiger partial charge on any atom is 0.290 e. The van der Waals surface area contributed by atoms with Gasteiger partial charge in [0.05, 0.1) is 10.3 Å². The first kappa shape index (κ1) is 24.1. The first-order valence-electron chi connectivity index (χ1n) is 10.2. The summed E-state index contributed by atoms with van der Waals surface area (Å²) < 4.78 is 28.5. The molecule has 0 atom stereocenters. The first-order chi connectivity index (χ1) is 15.4. The van der Waals surface area contributed by atoms with E-state index in [0.717, 1.165) is 0 Å². The van der Waals surface area contributed by atoms with E-state index >= 15 is 0 Å². The van der Waals surface area contributed by atoms with Crippen molar-refractivity contribution < 1.29 is 18.0 Å². The molecule has 174 valence electrons. The quantitative estimate of drug-likeness (QED) is 0.483. The van der Waals surface area contributed by atoms with Crippen molar-refractivity contribution >= 4 is 32.6 Å². The van der Waals surface area contributed by atoms with E-state index in [2.05, 4.69) is 20.7 Å². The Hall–Kier alpha value is -3.57. The van der Waals surface area contributed by atoms with Crippen LogP contribution in [0.15, 0.2) is 58.2 Å². The van der Waals surface area contributed by atoms with E-state index in [9.17, 15) is 22.8 Å². The van der Waals surface area contributed by atoms with Gasteiger partial charge >= 0.3 is 0 Å². The Morgan fingerprint density at radius 3 is 2.09 bits per heavy atom. The summed E-state index contributed by atoms with van der Waals surface area (Å²) >= 11 is 0. The van der Waals surface area contributed by atoms with E-state index in [4.69, 9.17) is 0 Å². The number of aromatic nitrogens is 2. The predicted octanol–water partition coefficient (Wildman–Crippen LogP) is 1.57. The zero-order valence-electron chi connectivity index (χ0n) is 18.7. The molecule has 0 saturated carbocycles. The molecule has 33 heavy (non-hydrogen) atoms. The lowest BCUT2D eigenvalue weighted by molar-refractivity contribution is 0.0843. The van der Waals surface area contributed by atoms with Crippen LogP contribution in [0.25, 0.3) is 10.8 Å². The fourth-order valence-corrected chi connectivity index (χ4v) is 4.53. The van der Waals surface area contributed by atoms with Crippen molar-refractivity contribution in [3.63, 3.8) is 0 Å². The summed E-state index contributed by atoms with van der Waals surface area (Å²) in [6, 6.07) is 11.9. The summed E-state index contributed by atoms with van der Waals surface area (Å²) in [6.45, 7) is 7.17. The minimum absolute atomic E-state index is 0.00972. The number of hydrazine groups is 1. The highest BCUT2D eigenvalue weighted by atomic mass is 32.2. The van der Waals surface area contributed by atoms with E-state index in [1.165, 1.54) is 28.9 Å². The molecule has 0 fully saturated rings. The van der Waals surface area contributed by atoms with Gasteiger partial charge in [0.2, 0.25) is 10.0 Å². The van der Waals surface area contributed by atoms with E-state index in [1.807, 2.05) is 0 Å². The second kappa shape index (κ2) is 9.12. The first-order valence-corrected chi connectivity index (χ1v) is 11.7. The number of aryl methyl sites for hydroxylation is 1. The van der Waals surface area contributed by atoms with Gasteiger partial charge in [-0.1, -0.05) is 18.2 Å². The highest BCUT2D eigenvalue weighted by molar-refractivity contribution is 7.89. The van der Waals surface area contributed by atoms with Gasteiger partial charge in [0, 0.05) is 23.0 Å². The van der Waals surface area contributed by atoms with Crippen molar-refractivity contribution in [2.75, 3.05) is 0 Å². The van der Waals surface area contributed by atoms with Crippen LogP contribution in [0.1, 0.15) is 48.5 Å². The molecule has 2 aromatic carbocycles. The zero-order valence-corrected chi connectivity index (χ0v) is 19.5. The number of nitrogens with zero attached hydrogens (tertiary/aromatic N) is 2. The van der Waals surface area contributed by atoms with Gasteiger partial charge in [0.15, 0.2) is 5.69 Å². The van der Waals surface area contributed by atoms with E-state index in [1.54, 1.807) is 52.0 Å². The van der Waals surface area contributed by atoms with Gasteiger partial charge in [0.25, 0.3) is 17.4 Å². The van der Waals surface area contributed by atoms with E-state index in [0.29, 0.717) is 10.8 Å². The number of fused-ring (bicyclic) bond motifs is 1. The third kappa shape index (κ3) is 5.44. The Morgan fingerprint density at radius 1 is 0.939 bits per heavy atom. The molecule has 0 aliphatic rings. The van der Waals surface area contributed by atoms with Crippen LogP contribution < -0.4 is 21.1 Å². The second-order valence-electron chi connectivity index (χ2n) is 8.30. The molecule has 0 spiro atoms. The molecule has 2 amide bonds. The maximum absolute atomic E-state index is 12.7. The van der Waals surface area contributed by atoms with Crippen LogP contribution in [0.5, 0.6) is 0 Å². The fraction of sp³-hybridized carbons (Fsp3) is 0.273. The van der Waals surface area contributed by atoms with Crippen molar-refractivity contribution in [2.45, 2.75) is 44.7 Å². The number of hydrogen-bond acceptors (Lipinski definition) is 6. The van der Waals surface area contributed by atoms with Crippen molar-refractivity contribution in [3.05, 3.63) is 70.1 Å². The molecule has 0 radical (unpaired) electrons. The van der Waals surface area contributed by atoms with E-state index in [-0.39, 0.29) is 28.3 Å². The SMILES string of the molecule is CCn1nc(C(=O)NNC(=O)c2ccc(S(=O)(=O)NC(C)(C)C)cc2)c2ccccc2c1=O. The molecular formula is C22H25N5O5S. The van der Waals surface area contributed by atoms with Crippen molar-refractivity contribution in [2.24, 2.45) is 0 Å². The van der Waals surface area contributed by atoms with Crippen molar-refractivity contribution in [3.8, 4) is 0 Å². The zero-order chi connectivity index (χ0) is 24.4. The second-order valence-corrected chi connectivity index (χ2v) is 9.99. The summed E-state index contributed by atoms with van der Waals surface area (Å²) in [6.07, 6.45) is 0. The minimum Gasteiger partial charge on any atom is -0.267 e. The van der Waals surface area contributed by atoms with Crippen LogP contribution in [0.2, 0.25) is 0 Å². The van der Waals surface area contributed by atoms with E-state index < -0.39 is 27.4 Å². The lowest BCUT2D eigenvalue weighted by Crippen LogP contribution is -2.43. The molecule has 10 nitrogen and oxygen atoms in total. The Morgan fingerprint density at radius 2 is 1.52 bits per heavy atom. The molecule has 0 saturated heterocycles. The number of benzene rings is 2. The maximum atomic E-state index is 12.7. The normalized spacial score (nSPS) is 11.9. The average Bonchev–Trinajstić information content (AvgIpc) is 2.76. The molecule has 3 aromatic rings. The summed E-state index contributed by atoms with van der Waals surface area (Å²) in [4.78, 5) is 37.6. The highest BCUT2D eigenvalue weighted by Gasteiger charge is 2.22. The molecule has 3 N–H and O–H groups in total. The molecule has 0 aliphatic heterocycles. The highest BCUT2D eigenvalue weighted by Crippen LogP contribution is 2.15. The number of carbonyl (C=O) groups excluding carboxylic acids is 2. The van der Waals surface area contributed by atoms with Crippen LogP contribution in [-0.2, 0) is 16.6 Å². The standard InChI is InChI=1S/C22H25N5O5S/c1-5-27-21(30)17-9-7-6-8-16(17)18(25-27)20(29)24-23-19(28)14-10-12-15(13-11-14)33(31,32)26-22(2,3)4/h6-13,26H,5H2,1-4H3,(H,23,28)(H,24,29). The summed E-state index contributed by atoms with van der Waals surface area (Å²) in [5.74, 6) is -1.35. The summed E-state index contributed by atoms with van der Waals surface area (Å²) in [5.41, 5.74) is 3.73. The number of amides is 2. The molecule has 11 heteroatoms. The molecule has 0 aliphatic carbocycles. The Labute approximate surface area is 191 Å². The minimum atomic E-state index is -3.74. The number of nitrogens with one attached hydrogen (secondary N) is 3. The fourth-order valence-electron chi connectivity index (χ4n) is 3.11. The monoisotopic (exact) mass is 471 g/mol. The molecule has 1 aromatic heterocycles. The van der Waals surface area contributed by atoms with Gasteiger partial charge in [0.1, 0.15) is 0 Å². The van der Waals surface area contributed by atoms with Crippen molar-refractivity contribution in [1.29, 1.82) is 0 Å². The summed E-state index contributed by atoms with van der Waals surface area (Å²) in [7, 11) is -3.74. The third-order valence-electron chi connectivity index (χ3n) is 4.54. The van der Waals surface area contributed by atoms with Crippen LogP contribution in [0, 0.1) is 0 Å². The Kier molecular flexibility index (Phi) is 6.65. The van der Waals surface area contributed by atoms with Crippen molar-refractivity contribution in [1.82, 2.24) is 25.4 Å². The largest absolute Gasteiger partial charge is 0.290 e. The number of sulfonamides is 1. The van der Waals surface area contributed by atoms with Gasteiger partial charge in [-0.3, -0.25) is 25.2 Å². The van der Waals surface area contributed by atoms with Gasteiger partial charge in [-0.05, 0) is 58.0 Å². The van der Waals surface area contributed by atoms with Gasteiger partial charge in [-0.15, -0.1) is 0 Å². The van der Waals surface area contributed by atoms with Gasteiger partial charge in [-0.2, -0.15) is 5.10 Å². The van der Waals surface area contributed by atoms with Crippen LogP contribution in [0.3, 0.4) is 0 Å². The molecular weight excluding hydrogens is 446 g/mol. The number of carbonyl (C=O) groups is 2. The topological polar surface area (TPSA) is 139 Å². The molecule has 3 rings (SSSR count). The smallest absolute Gasteiger partial charge is 0.267 e. The van der Waals surface area contributed by atoms with Crippen LogP contribution in [0.4, 0.5) is 0 Å². The van der Waals surface area contributed by atoms with Crippen LogP contribution in [-0.4, -0.2) is 35.6 Å². The molecule has 0 bridgehead atoms.